The summed E-state index contributed by atoms with van der Waals surface area (Å²) in [5, 5.41) is 13.3. The maximum Gasteiger partial charge on any atom is 0.128 e. The van der Waals surface area contributed by atoms with Crippen LogP contribution < -0.4 is 9.47 Å². The summed E-state index contributed by atoms with van der Waals surface area (Å²) in [7, 11) is 3.18. The number of aromatic nitrogens is 1. The lowest BCUT2D eigenvalue weighted by Crippen LogP contribution is -2.04. The molecule has 5 heteroatoms. The van der Waals surface area contributed by atoms with Crippen LogP contribution in [0.5, 0.6) is 11.5 Å². The number of rotatable bonds is 5. The highest BCUT2D eigenvalue weighted by molar-refractivity contribution is 7.09. The standard InChI is InChI=1S/C14H17NO3S/c1-9-15-10(8-19-9)6-13(16)12-5-4-11(17-2)7-14(12)18-3/h4-5,7-8,13,16H,6H2,1-3H3. The molecule has 0 saturated carbocycles. The Balaban J connectivity index is 2.20. The van der Waals surface area contributed by atoms with Gasteiger partial charge in [0.2, 0.25) is 0 Å². The van der Waals surface area contributed by atoms with E-state index in [0.29, 0.717) is 17.9 Å². The van der Waals surface area contributed by atoms with Crippen LogP contribution in [0.25, 0.3) is 0 Å². The van der Waals surface area contributed by atoms with Crippen molar-refractivity contribution in [3.63, 3.8) is 0 Å². The van der Waals surface area contributed by atoms with Gasteiger partial charge >= 0.3 is 0 Å². The number of hydrogen-bond acceptors (Lipinski definition) is 5. The third-order valence-electron chi connectivity index (χ3n) is 2.87. The first-order valence-electron chi connectivity index (χ1n) is 5.95. The highest BCUT2D eigenvalue weighted by Gasteiger charge is 2.16. The van der Waals surface area contributed by atoms with E-state index < -0.39 is 6.10 Å². The van der Waals surface area contributed by atoms with Gasteiger partial charge in [0.15, 0.2) is 0 Å². The van der Waals surface area contributed by atoms with Crippen LogP contribution in [0.2, 0.25) is 0 Å². The fraction of sp³-hybridized carbons (Fsp3) is 0.357. The number of benzene rings is 1. The Bertz CT molecular complexity index is 553. The van der Waals surface area contributed by atoms with Crippen molar-refractivity contribution in [2.45, 2.75) is 19.4 Å². The number of thiazole rings is 1. The second-order valence-electron chi connectivity index (χ2n) is 4.19. The molecule has 2 aromatic rings. The Morgan fingerprint density at radius 1 is 1.32 bits per heavy atom. The predicted molar refractivity (Wildman–Crippen MR) is 75.1 cm³/mol. The summed E-state index contributed by atoms with van der Waals surface area (Å²) in [6, 6.07) is 5.40. The molecular formula is C14H17NO3S. The van der Waals surface area contributed by atoms with Gasteiger partial charge in [-0.25, -0.2) is 4.98 Å². The van der Waals surface area contributed by atoms with Crippen molar-refractivity contribution in [3.8, 4) is 11.5 Å². The van der Waals surface area contributed by atoms with Crippen molar-refractivity contribution >= 4 is 11.3 Å². The van der Waals surface area contributed by atoms with E-state index in [1.165, 1.54) is 0 Å². The number of aryl methyl sites for hydroxylation is 1. The Morgan fingerprint density at radius 2 is 2.11 bits per heavy atom. The zero-order chi connectivity index (χ0) is 13.8. The monoisotopic (exact) mass is 279 g/mol. The molecule has 1 atom stereocenters. The minimum atomic E-state index is -0.637. The predicted octanol–water partition coefficient (Wildman–Crippen LogP) is 2.74. The quantitative estimate of drug-likeness (QED) is 0.914. The van der Waals surface area contributed by atoms with Crippen LogP contribution in [0.1, 0.15) is 22.4 Å². The minimum absolute atomic E-state index is 0.479. The van der Waals surface area contributed by atoms with E-state index in [1.807, 2.05) is 24.4 Å². The topological polar surface area (TPSA) is 51.6 Å². The van der Waals surface area contributed by atoms with E-state index in [2.05, 4.69) is 4.98 Å². The van der Waals surface area contributed by atoms with Crippen molar-refractivity contribution in [2.24, 2.45) is 0 Å². The van der Waals surface area contributed by atoms with Gasteiger partial charge in [-0.3, -0.25) is 0 Å². The Kier molecular flexibility index (Phi) is 4.39. The number of ether oxygens (including phenoxy) is 2. The number of nitrogens with zero attached hydrogens (tertiary/aromatic N) is 1. The molecule has 0 bridgehead atoms. The van der Waals surface area contributed by atoms with Crippen molar-refractivity contribution in [1.29, 1.82) is 0 Å². The Hall–Kier alpha value is -1.59. The van der Waals surface area contributed by atoms with E-state index in [0.717, 1.165) is 16.3 Å². The molecule has 0 aliphatic rings. The molecule has 0 aliphatic carbocycles. The van der Waals surface area contributed by atoms with Crippen LogP contribution in [0.15, 0.2) is 23.6 Å². The van der Waals surface area contributed by atoms with E-state index in [4.69, 9.17) is 9.47 Å². The zero-order valence-electron chi connectivity index (χ0n) is 11.2. The highest BCUT2D eigenvalue weighted by Crippen LogP contribution is 2.31. The molecule has 0 fully saturated rings. The van der Waals surface area contributed by atoms with E-state index >= 15 is 0 Å². The molecule has 102 valence electrons. The van der Waals surface area contributed by atoms with Crippen LogP contribution in [0.3, 0.4) is 0 Å². The first-order valence-corrected chi connectivity index (χ1v) is 6.83. The first-order chi connectivity index (χ1) is 9.13. The zero-order valence-corrected chi connectivity index (χ0v) is 12.0. The molecule has 0 amide bonds. The number of methoxy groups -OCH3 is 2. The highest BCUT2D eigenvalue weighted by atomic mass is 32.1. The van der Waals surface area contributed by atoms with Gasteiger partial charge in [0, 0.05) is 23.4 Å². The summed E-state index contributed by atoms with van der Waals surface area (Å²) in [5.74, 6) is 1.33. The molecule has 0 spiro atoms. The van der Waals surface area contributed by atoms with Gasteiger partial charge in [0.25, 0.3) is 0 Å². The molecule has 1 aromatic heterocycles. The first kappa shape index (κ1) is 13.8. The van der Waals surface area contributed by atoms with Gasteiger partial charge in [-0.15, -0.1) is 11.3 Å². The maximum absolute atomic E-state index is 10.3. The summed E-state index contributed by atoms with van der Waals surface area (Å²) in [4.78, 5) is 4.36. The van der Waals surface area contributed by atoms with E-state index in [1.54, 1.807) is 31.6 Å². The second-order valence-corrected chi connectivity index (χ2v) is 5.25. The molecule has 19 heavy (non-hydrogen) atoms. The minimum Gasteiger partial charge on any atom is -0.497 e. The van der Waals surface area contributed by atoms with Crippen LogP contribution >= 0.6 is 11.3 Å². The SMILES string of the molecule is COc1ccc(C(O)Cc2csc(C)n2)c(OC)c1. The van der Waals surface area contributed by atoms with Gasteiger partial charge in [-0.1, -0.05) is 0 Å². The molecule has 0 saturated heterocycles. The van der Waals surface area contributed by atoms with Gasteiger partial charge in [0.1, 0.15) is 11.5 Å². The summed E-state index contributed by atoms with van der Waals surface area (Å²) in [5.41, 5.74) is 1.64. The fourth-order valence-corrected chi connectivity index (χ4v) is 2.53. The summed E-state index contributed by atoms with van der Waals surface area (Å²) in [6.07, 6.45) is -0.158. The number of hydrogen-bond donors (Lipinski definition) is 1. The maximum atomic E-state index is 10.3. The molecule has 0 radical (unpaired) electrons. The summed E-state index contributed by atoms with van der Waals surface area (Å²) < 4.78 is 10.4. The number of aliphatic hydroxyl groups excluding tert-OH is 1. The molecule has 2 rings (SSSR count). The van der Waals surface area contributed by atoms with Crippen molar-refractivity contribution in [1.82, 2.24) is 4.98 Å². The fourth-order valence-electron chi connectivity index (χ4n) is 1.90. The van der Waals surface area contributed by atoms with Crippen molar-refractivity contribution < 1.29 is 14.6 Å². The molecule has 1 heterocycles. The van der Waals surface area contributed by atoms with E-state index in [-0.39, 0.29) is 0 Å². The van der Waals surface area contributed by atoms with Crippen LogP contribution in [-0.2, 0) is 6.42 Å². The number of aliphatic hydroxyl groups is 1. The lowest BCUT2D eigenvalue weighted by molar-refractivity contribution is 0.173. The Labute approximate surface area is 116 Å². The molecular weight excluding hydrogens is 262 g/mol. The molecule has 1 unspecified atom stereocenters. The molecule has 4 nitrogen and oxygen atoms in total. The largest absolute Gasteiger partial charge is 0.497 e. The van der Waals surface area contributed by atoms with Gasteiger partial charge in [0.05, 0.1) is 31.0 Å². The van der Waals surface area contributed by atoms with Crippen molar-refractivity contribution in [2.75, 3.05) is 14.2 Å². The molecule has 0 aliphatic heterocycles. The average molecular weight is 279 g/mol. The van der Waals surface area contributed by atoms with Gasteiger partial charge in [-0.2, -0.15) is 0 Å². The van der Waals surface area contributed by atoms with Crippen molar-refractivity contribution in [3.05, 3.63) is 39.8 Å². The summed E-state index contributed by atoms with van der Waals surface area (Å²) >= 11 is 1.58. The van der Waals surface area contributed by atoms with Gasteiger partial charge in [-0.05, 0) is 19.1 Å². The van der Waals surface area contributed by atoms with Crippen LogP contribution in [-0.4, -0.2) is 24.3 Å². The van der Waals surface area contributed by atoms with E-state index in [9.17, 15) is 5.11 Å². The lowest BCUT2D eigenvalue weighted by atomic mass is 10.0. The van der Waals surface area contributed by atoms with Crippen LogP contribution in [0, 0.1) is 6.92 Å². The molecule has 1 N–H and O–H groups in total. The second kappa shape index (κ2) is 6.04. The average Bonchev–Trinajstić information content (AvgIpc) is 2.83. The summed E-state index contributed by atoms with van der Waals surface area (Å²) in [6.45, 7) is 1.95. The third kappa shape index (κ3) is 3.24. The normalized spacial score (nSPS) is 12.2. The third-order valence-corrected chi connectivity index (χ3v) is 3.69. The smallest absolute Gasteiger partial charge is 0.128 e. The lowest BCUT2D eigenvalue weighted by Gasteiger charge is -2.15. The molecule has 1 aromatic carbocycles. The van der Waals surface area contributed by atoms with Gasteiger partial charge < -0.3 is 14.6 Å². The Morgan fingerprint density at radius 3 is 2.68 bits per heavy atom. The van der Waals surface area contributed by atoms with Crippen LogP contribution in [0.4, 0.5) is 0 Å².